The van der Waals surface area contributed by atoms with Crippen molar-refractivity contribution in [3.8, 4) is 0 Å². The van der Waals surface area contributed by atoms with Gasteiger partial charge in [-0.25, -0.2) is 4.79 Å². The second-order valence-corrected chi connectivity index (χ2v) is 5.62. The fourth-order valence-corrected chi connectivity index (χ4v) is 2.60. The third-order valence-electron chi connectivity index (χ3n) is 3.76. The molecule has 0 atom stereocenters. The minimum Gasteiger partial charge on any atom is -0.458 e. The number of rotatable bonds is 5. The highest BCUT2D eigenvalue weighted by atomic mass is 19.4. The molecule has 1 N–H and O–H groups in total. The number of nitrogens with zero attached hydrogens (tertiary/aromatic N) is 1. The number of halogens is 3. The van der Waals surface area contributed by atoms with Crippen LogP contribution < -0.4 is 10.2 Å². The zero-order chi connectivity index (χ0) is 18.4. The average Bonchev–Trinajstić information content (AvgIpc) is 2.59. The number of nitrogens with one attached hydrogen (secondary N) is 1. The van der Waals surface area contributed by atoms with Crippen molar-refractivity contribution < 1.29 is 27.5 Å². The predicted octanol–water partition coefficient (Wildman–Crippen LogP) is 3.52. The molecule has 8 heteroatoms. The van der Waals surface area contributed by atoms with Crippen LogP contribution in [0.25, 0.3) is 0 Å². The van der Waals surface area contributed by atoms with Crippen molar-refractivity contribution in [1.29, 1.82) is 0 Å². The maximum absolute atomic E-state index is 12.4. The molecule has 0 unspecified atom stereocenters. The van der Waals surface area contributed by atoms with Gasteiger partial charge in [-0.05, 0) is 37.5 Å². The van der Waals surface area contributed by atoms with Crippen LogP contribution in [0, 0.1) is 0 Å². The molecule has 0 radical (unpaired) electrons. The molecule has 2 rings (SSSR count). The van der Waals surface area contributed by atoms with Crippen molar-refractivity contribution in [2.45, 2.75) is 25.4 Å². The second kappa shape index (κ2) is 8.04. The zero-order valence-corrected chi connectivity index (χ0v) is 13.6. The van der Waals surface area contributed by atoms with Gasteiger partial charge in [0.25, 0.3) is 0 Å². The van der Waals surface area contributed by atoms with Gasteiger partial charge in [0.05, 0.1) is 11.3 Å². The quantitative estimate of drug-likeness (QED) is 0.648. The van der Waals surface area contributed by atoms with Gasteiger partial charge in [-0.2, -0.15) is 13.2 Å². The Balaban J connectivity index is 2.31. The molecule has 1 aliphatic heterocycles. The van der Waals surface area contributed by atoms with E-state index in [1.54, 1.807) is 5.32 Å². The van der Waals surface area contributed by atoms with E-state index in [1.807, 2.05) is 4.90 Å². The number of anilines is 2. The lowest BCUT2D eigenvalue weighted by Gasteiger charge is -2.30. The molecular weight excluding hydrogens is 337 g/mol. The number of hydrogen-bond donors (Lipinski definition) is 1. The highest BCUT2D eigenvalue weighted by molar-refractivity contribution is 6.00. The van der Waals surface area contributed by atoms with Crippen LogP contribution in [0.15, 0.2) is 30.9 Å². The van der Waals surface area contributed by atoms with Crippen molar-refractivity contribution in [3.05, 3.63) is 36.4 Å². The molecule has 0 bridgehead atoms. The smallest absolute Gasteiger partial charge is 0.458 e. The molecule has 1 fully saturated rings. The summed E-state index contributed by atoms with van der Waals surface area (Å²) >= 11 is 0. The number of alkyl halides is 3. The predicted molar refractivity (Wildman–Crippen MR) is 87.7 cm³/mol. The van der Waals surface area contributed by atoms with Gasteiger partial charge in [-0.15, -0.1) is 0 Å². The summed E-state index contributed by atoms with van der Waals surface area (Å²) < 4.78 is 42.2. The maximum atomic E-state index is 12.4. The van der Waals surface area contributed by atoms with Crippen molar-refractivity contribution in [3.63, 3.8) is 0 Å². The van der Waals surface area contributed by atoms with E-state index in [4.69, 9.17) is 4.74 Å². The summed E-state index contributed by atoms with van der Waals surface area (Å²) in [4.78, 5) is 25.4. The van der Waals surface area contributed by atoms with Crippen LogP contribution in [-0.2, 0) is 9.53 Å². The van der Waals surface area contributed by atoms with E-state index in [-0.39, 0.29) is 17.9 Å². The molecule has 1 saturated heterocycles. The Morgan fingerprint density at radius 3 is 2.52 bits per heavy atom. The Bertz CT molecular complexity index is 653. The number of benzene rings is 1. The zero-order valence-electron chi connectivity index (χ0n) is 13.6. The van der Waals surface area contributed by atoms with Crippen LogP contribution in [-0.4, -0.2) is 37.7 Å². The summed E-state index contributed by atoms with van der Waals surface area (Å²) in [6, 6.07) is 4.08. The lowest BCUT2D eigenvalue weighted by Crippen LogP contribution is -2.32. The molecule has 0 spiro atoms. The van der Waals surface area contributed by atoms with Gasteiger partial charge in [-0.3, -0.25) is 4.79 Å². The Kier molecular flexibility index (Phi) is 6.06. The number of amides is 1. The minimum atomic E-state index is -5.00. The topological polar surface area (TPSA) is 58.6 Å². The minimum absolute atomic E-state index is 0.0165. The molecular formula is C17H19F3N2O3. The summed E-state index contributed by atoms with van der Waals surface area (Å²) in [5, 5.41) is 1.75. The normalized spacial score (nSPS) is 14.8. The van der Waals surface area contributed by atoms with Gasteiger partial charge in [0.1, 0.15) is 6.61 Å². The first-order chi connectivity index (χ1) is 11.8. The molecule has 136 valence electrons. The molecule has 1 aromatic carbocycles. The standard InChI is InChI=1S/C17H19F3N2O3/c1-2-10-25-15(23)13-11-12(21-16(24)17(18,19)20)6-7-14(13)22-8-4-3-5-9-22/h2,6-7,11H,1,3-5,8-10H2,(H,21,24). The number of hydrogen-bond acceptors (Lipinski definition) is 4. The van der Waals surface area contributed by atoms with Crippen molar-refractivity contribution in [2.24, 2.45) is 0 Å². The average molecular weight is 356 g/mol. The lowest BCUT2D eigenvalue weighted by molar-refractivity contribution is -0.167. The summed E-state index contributed by atoms with van der Waals surface area (Å²) in [6.45, 7) is 4.93. The Labute approximate surface area is 143 Å². The van der Waals surface area contributed by atoms with E-state index in [0.717, 1.165) is 32.4 Å². The van der Waals surface area contributed by atoms with E-state index in [0.29, 0.717) is 5.69 Å². The van der Waals surface area contributed by atoms with E-state index >= 15 is 0 Å². The highest BCUT2D eigenvalue weighted by Crippen LogP contribution is 2.28. The van der Waals surface area contributed by atoms with Crippen LogP contribution in [0.3, 0.4) is 0 Å². The molecule has 0 aromatic heterocycles. The monoisotopic (exact) mass is 356 g/mol. The SMILES string of the molecule is C=CCOC(=O)c1cc(NC(=O)C(F)(F)F)ccc1N1CCCCC1. The molecule has 0 saturated carbocycles. The molecule has 5 nitrogen and oxygen atoms in total. The van der Waals surface area contributed by atoms with Crippen LogP contribution in [0.1, 0.15) is 29.6 Å². The lowest BCUT2D eigenvalue weighted by atomic mass is 10.1. The van der Waals surface area contributed by atoms with Gasteiger partial charge in [0, 0.05) is 18.8 Å². The van der Waals surface area contributed by atoms with Crippen LogP contribution in [0.5, 0.6) is 0 Å². The number of ether oxygens (including phenoxy) is 1. The number of carbonyl (C=O) groups excluding carboxylic acids is 2. The first kappa shape index (κ1) is 18.8. The van der Waals surface area contributed by atoms with E-state index in [1.165, 1.54) is 24.3 Å². The van der Waals surface area contributed by atoms with Gasteiger partial charge in [0.15, 0.2) is 0 Å². The first-order valence-electron chi connectivity index (χ1n) is 7.88. The summed E-state index contributed by atoms with van der Waals surface area (Å²) in [6.07, 6.45) is -0.587. The Hall–Kier alpha value is -2.51. The fourth-order valence-electron chi connectivity index (χ4n) is 2.60. The molecule has 0 aliphatic carbocycles. The number of esters is 1. The Morgan fingerprint density at radius 2 is 1.92 bits per heavy atom. The number of piperidine rings is 1. The van der Waals surface area contributed by atoms with Gasteiger partial charge >= 0.3 is 18.1 Å². The van der Waals surface area contributed by atoms with E-state index in [2.05, 4.69) is 6.58 Å². The van der Waals surface area contributed by atoms with Crippen LogP contribution >= 0.6 is 0 Å². The van der Waals surface area contributed by atoms with Gasteiger partial charge in [0.2, 0.25) is 0 Å². The summed E-state index contributed by atoms with van der Waals surface area (Å²) in [5.41, 5.74) is 0.580. The summed E-state index contributed by atoms with van der Waals surface area (Å²) in [5.74, 6) is -2.77. The molecule has 1 heterocycles. The van der Waals surface area contributed by atoms with Crippen LogP contribution in [0.2, 0.25) is 0 Å². The molecule has 1 aromatic rings. The first-order valence-corrected chi connectivity index (χ1v) is 7.88. The Morgan fingerprint density at radius 1 is 1.24 bits per heavy atom. The summed E-state index contributed by atoms with van der Waals surface area (Å²) in [7, 11) is 0. The highest BCUT2D eigenvalue weighted by Gasteiger charge is 2.38. The largest absolute Gasteiger partial charge is 0.471 e. The fraction of sp³-hybridized carbons (Fsp3) is 0.412. The third kappa shape index (κ3) is 4.98. The van der Waals surface area contributed by atoms with Gasteiger partial charge in [-0.1, -0.05) is 12.7 Å². The second-order valence-electron chi connectivity index (χ2n) is 5.62. The van der Waals surface area contributed by atoms with Crippen LogP contribution in [0.4, 0.5) is 24.5 Å². The number of carbonyl (C=O) groups is 2. The molecule has 1 aliphatic rings. The van der Waals surface area contributed by atoms with E-state index in [9.17, 15) is 22.8 Å². The maximum Gasteiger partial charge on any atom is 0.471 e. The molecule has 25 heavy (non-hydrogen) atoms. The molecule has 1 amide bonds. The van der Waals surface area contributed by atoms with E-state index < -0.39 is 18.1 Å². The van der Waals surface area contributed by atoms with Gasteiger partial charge < -0.3 is 15.0 Å². The van der Waals surface area contributed by atoms with Crippen molar-refractivity contribution in [1.82, 2.24) is 0 Å². The third-order valence-corrected chi connectivity index (χ3v) is 3.76. The van der Waals surface area contributed by atoms with Crippen molar-refractivity contribution in [2.75, 3.05) is 29.9 Å². The van der Waals surface area contributed by atoms with Crippen molar-refractivity contribution >= 4 is 23.3 Å².